The van der Waals surface area contributed by atoms with Crippen LogP contribution in [-0.2, 0) is 29.7 Å². The third-order valence-corrected chi connectivity index (χ3v) is 8.91. The van der Waals surface area contributed by atoms with E-state index in [-0.39, 0.29) is 29.4 Å². The lowest BCUT2D eigenvalue weighted by molar-refractivity contribution is 0.0950. The van der Waals surface area contributed by atoms with Crippen LogP contribution in [0.1, 0.15) is 51.2 Å². The highest BCUT2D eigenvalue weighted by Crippen LogP contribution is 2.28. The van der Waals surface area contributed by atoms with Gasteiger partial charge in [-0.2, -0.15) is 4.31 Å². The van der Waals surface area contributed by atoms with Gasteiger partial charge in [0.2, 0.25) is 10.0 Å². The highest BCUT2D eigenvalue weighted by Gasteiger charge is 2.27. The predicted octanol–water partition coefficient (Wildman–Crippen LogP) is 4.39. The van der Waals surface area contributed by atoms with Crippen LogP contribution in [0, 0.1) is 19.7 Å². The van der Waals surface area contributed by atoms with E-state index in [2.05, 4.69) is 10.2 Å². The Morgan fingerprint density at radius 1 is 1.13 bits per heavy atom. The smallest absolute Gasteiger partial charge is 0.254 e. The maximum Gasteiger partial charge on any atom is 0.254 e. The number of amides is 1. The van der Waals surface area contributed by atoms with Crippen LogP contribution in [-0.4, -0.2) is 50.8 Å². The Balaban J connectivity index is 1.36. The lowest BCUT2D eigenvalue weighted by atomic mass is 10.1. The zero-order valence-corrected chi connectivity index (χ0v) is 23.0. The van der Waals surface area contributed by atoms with Gasteiger partial charge < -0.3 is 14.5 Å². The maximum atomic E-state index is 14.6. The van der Waals surface area contributed by atoms with Crippen molar-refractivity contribution in [3.63, 3.8) is 0 Å². The fourth-order valence-electron chi connectivity index (χ4n) is 4.77. The number of nitrogens with zero attached hydrogens (tertiary/aromatic N) is 2. The molecule has 204 valence electrons. The molecule has 4 rings (SSSR count). The molecule has 1 aliphatic rings. The van der Waals surface area contributed by atoms with Gasteiger partial charge in [-0.25, -0.2) is 12.8 Å². The molecular weight excluding hydrogens is 509 g/mol. The lowest BCUT2D eigenvalue weighted by Gasteiger charge is -2.19. The Kier molecular flexibility index (Phi) is 8.54. The van der Waals surface area contributed by atoms with Gasteiger partial charge >= 0.3 is 0 Å². The average molecular weight is 544 g/mol. The number of rotatable bonds is 10. The first-order chi connectivity index (χ1) is 18.1. The summed E-state index contributed by atoms with van der Waals surface area (Å²) in [6, 6.07) is 9.91. The molecule has 0 atom stereocenters. The van der Waals surface area contributed by atoms with E-state index in [9.17, 15) is 17.6 Å². The van der Waals surface area contributed by atoms with Gasteiger partial charge in [-0.05, 0) is 80.7 Å². The summed E-state index contributed by atoms with van der Waals surface area (Å²) in [4.78, 5) is 15.1. The van der Waals surface area contributed by atoms with E-state index in [0.717, 1.165) is 25.9 Å². The quantitative estimate of drug-likeness (QED) is 0.408. The molecule has 38 heavy (non-hydrogen) atoms. The molecule has 3 aromatic rings. The molecule has 2 aromatic carbocycles. The van der Waals surface area contributed by atoms with E-state index < -0.39 is 15.9 Å². The number of halogens is 1. The van der Waals surface area contributed by atoms with Gasteiger partial charge in [-0.3, -0.25) is 9.69 Å². The molecule has 0 saturated carbocycles. The molecule has 1 N–H and O–H groups in total. The fourth-order valence-corrected chi connectivity index (χ4v) is 6.31. The van der Waals surface area contributed by atoms with Gasteiger partial charge in [0, 0.05) is 25.7 Å². The van der Waals surface area contributed by atoms with E-state index in [4.69, 9.17) is 9.15 Å². The van der Waals surface area contributed by atoms with Crippen LogP contribution in [0.15, 0.2) is 52.0 Å². The Morgan fingerprint density at radius 2 is 1.82 bits per heavy atom. The number of benzene rings is 2. The predicted molar refractivity (Wildman–Crippen MR) is 142 cm³/mol. The van der Waals surface area contributed by atoms with Crippen LogP contribution in [0.25, 0.3) is 0 Å². The number of ether oxygens (including phenoxy) is 1. The second-order valence-corrected chi connectivity index (χ2v) is 11.7. The number of likely N-dealkylation sites (tertiary alicyclic amines) is 1. The van der Waals surface area contributed by atoms with Crippen molar-refractivity contribution in [1.82, 2.24) is 14.5 Å². The van der Waals surface area contributed by atoms with Gasteiger partial charge in [-0.15, -0.1) is 0 Å². The number of carbonyl (C=O) groups is 1. The number of methoxy groups -OCH3 is 1. The molecule has 1 aromatic heterocycles. The SMILES string of the molecule is COc1cc(C)c(S(=O)(=O)N(C)Cc2cc(C(=O)NCc3ccc(CN4CCCC4)c(F)c3)co2)c(C)c1. The van der Waals surface area contributed by atoms with Crippen molar-refractivity contribution in [2.24, 2.45) is 0 Å². The largest absolute Gasteiger partial charge is 0.497 e. The van der Waals surface area contributed by atoms with Crippen LogP contribution in [0.5, 0.6) is 5.75 Å². The van der Waals surface area contributed by atoms with Crippen molar-refractivity contribution >= 4 is 15.9 Å². The van der Waals surface area contributed by atoms with Gasteiger partial charge in [0.15, 0.2) is 0 Å². The third-order valence-electron chi connectivity index (χ3n) is 6.80. The number of sulfonamides is 1. The first-order valence-corrected chi connectivity index (χ1v) is 14.0. The zero-order chi connectivity index (χ0) is 27.4. The van der Waals surface area contributed by atoms with E-state index in [0.29, 0.717) is 40.3 Å². The normalized spacial score (nSPS) is 14.3. The molecular formula is C28H34FN3O5S. The Hall–Kier alpha value is -3.21. The van der Waals surface area contributed by atoms with Crippen molar-refractivity contribution < 1.29 is 26.8 Å². The van der Waals surface area contributed by atoms with Crippen molar-refractivity contribution in [3.8, 4) is 5.75 Å². The lowest BCUT2D eigenvalue weighted by Crippen LogP contribution is -2.27. The summed E-state index contributed by atoms with van der Waals surface area (Å²) in [5.41, 5.74) is 2.72. The molecule has 1 fully saturated rings. The summed E-state index contributed by atoms with van der Waals surface area (Å²) < 4.78 is 53.0. The maximum absolute atomic E-state index is 14.6. The number of hydrogen-bond donors (Lipinski definition) is 1. The number of aryl methyl sites for hydroxylation is 2. The Labute approximate surface area is 223 Å². The van der Waals surface area contributed by atoms with Gasteiger partial charge in [0.25, 0.3) is 5.91 Å². The van der Waals surface area contributed by atoms with Crippen molar-refractivity contribution in [1.29, 1.82) is 0 Å². The minimum Gasteiger partial charge on any atom is -0.497 e. The molecule has 1 saturated heterocycles. The van der Waals surface area contributed by atoms with E-state index in [1.807, 2.05) is 6.07 Å². The zero-order valence-electron chi connectivity index (χ0n) is 22.2. The van der Waals surface area contributed by atoms with E-state index in [1.54, 1.807) is 32.0 Å². The van der Waals surface area contributed by atoms with Crippen LogP contribution in [0.3, 0.4) is 0 Å². The van der Waals surface area contributed by atoms with Crippen molar-refractivity contribution in [2.45, 2.75) is 51.2 Å². The highest BCUT2D eigenvalue weighted by atomic mass is 32.2. The minimum absolute atomic E-state index is 0.0514. The number of carbonyl (C=O) groups excluding carboxylic acids is 1. The summed E-state index contributed by atoms with van der Waals surface area (Å²) in [5, 5.41) is 2.76. The summed E-state index contributed by atoms with van der Waals surface area (Å²) in [5.74, 6) is 0.237. The molecule has 0 bridgehead atoms. The number of hydrogen-bond acceptors (Lipinski definition) is 6. The van der Waals surface area contributed by atoms with Crippen LogP contribution < -0.4 is 10.1 Å². The van der Waals surface area contributed by atoms with Gasteiger partial charge in [-0.1, -0.05) is 12.1 Å². The van der Waals surface area contributed by atoms with Crippen LogP contribution in [0.2, 0.25) is 0 Å². The summed E-state index contributed by atoms with van der Waals surface area (Å²) >= 11 is 0. The third kappa shape index (κ3) is 6.25. The first kappa shape index (κ1) is 27.8. The number of furan rings is 1. The summed E-state index contributed by atoms with van der Waals surface area (Å²) in [6.07, 6.45) is 3.58. The standard InChI is InChI=1S/C28H34FN3O5S/c1-19-11-24(36-4)12-20(2)27(19)38(34,35)31(3)17-25-14-23(18-37-25)28(33)30-15-21-7-8-22(26(29)13-21)16-32-9-5-6-10-32/h7-8,11-14,18H,5-6,9-10,15-17H2,1-4H3,(H,30,33). The molecule has 0 spiro atoms. The monoisotopic (exact) mass is 543 g/mol. The molecule has 0 aliphatic carbocycles. The van der Waals surface area contributed by atoms with E-state index >= 15 is 0 Å². The van der Waals surface area contributed by atoms with Crippen molar-refractivity contribution in [2.75, 3.05) is 27.2 Å². The molecule has 1 aliphatic heterocycles. The second-order valence-electron chi connectivity index (χ2n) is 9.74. The van der Waals surface area contributed by atoms with Crippen molar-refractivity contribution in [3.05, 3.63) is 82.1 Å². The molecule has 2 heterocycles. The molecule has 8 nitrogen and oxygen atoms in total. The number of nitrogens with one attached hydrogen (secondary N) is 1. The Bertz CT molecular complexity index is 1390. The van der Waals surface area contributed by atoms with Gasteiger partial charge in [0.05, 0.1) is 24.1 Å². The Morgan fingerprint density at radius 3 is 2.45 bits per heavy atom. The topological polar surface area (TPSA) is 92.1 Å². The average Bonchev–Trinajstić information content (AvgIpc) is 3.55. The molecule has 0 unspecified atom stereocenters. The van der Waals surface area contributed by atoms with Crippen LogP contribution >= 0.6 is 0 Å². The van der Waals surface area contributed by atoms with E-state index in [1.165, 1.54) is 36.9 Å². The van der Waals surface area contributed by atoms with Crippen LogP contribution in [0.4, 0.5) is 4.39 Å². The summed E-state index contributed by atoms with van der Waals surface area (Å²) in [6.45, 7) is 6.13. The molecule has 0 radical (unpaired) electrons. The first-order valence-electron chi connectivity index (χ1n) is 12.6. The van der Waals surface area contributed by atoms with Gasteiger partial charge in [0.1, 0.15) is 23.6 Å². The molecule has 10 heteroatoms. The summed E-state index contributed by atoms with van der Waals surface area (Å²) in [7, 11) is -0.825. The minimum atomic E-state index is -3.82. The second kappa shape index (κ2) is 11.7. The molecule has 1 amide bonds. The highest BCUT2D eigenvalue weighted by molar-refractivity contribution is 7.89. The fraction of sp³-hybridized carbons (Fsp3) is 0.393.